The molecule has 3 rings (SSSR count). The molecule has 0 bridgehead atoms. The van der Waals surface area contributed by atoms with E-state index in [0.717, 1.165) is 11.3 Å². The Bertz CT molecular complexity index is 700. The first-order valence-corrected chi connectivity index (χ1v) is 7.82. The molecule has 2 N–H and O–H groups in total. The van der Waals surface area contributed by atoms with Crippen molar-refractivity contribution in [3.63, 3.8) is 0 Å². The summed E-state index contributed by atoms with van der Waals surface area (Å²) in [6.07, 6.45) is 2.25. The Morgan fingerprint density at radius 1 is 1.59 bits per heavy atom. The number of fused-ring (bicyclic) bond motifs is 1. The predicted molar refractivity (Wildman–Crippen MR) is 83.2 cm³/mol. The van der Waals surface area contributed by atoms with Gasteiger partial charge in [-0.05, 0) is 23.9 Å². The molecule has 2 amide bonds. The molecular formula is C15H15N3O3S. The maximum atomic E-state index is 12.4. The van der Waals surface area contributed by atoms with Crippen LogP contribution in [0.1, 0.15) is 34.6 Å². The first-order valence-electron chi connectivity index (χ1n) is 6.94. The van der Waals surface area contributed by atoms with E-state index in [9.17, 15) is 9.59 Å². The highest BCUT2D eigenvalue weighted by Crippen LogP contribution is 2.26. The lowest BCUT2D eigenvalue weighted by molar-refractivity contribution is -0.118. The zero-order valence-corrected chi connectivity index (χ0v) is 12.8. The summed E-state index contributed by atoms with van der Waals surface area (Å²) in [4.78, 5) is 28.9. The van der Waals surface area contributed by atoms with Crippen LogP contribution in [-0.2, 0) is 4.79 Å². The quantitative estimate of drug-likeness (QED) is 0.907. The maximum absolute atomic E-state index is 12.4. The topological polar surface area (TPSA) is 80.3 Å². The van der Waals surface area contributed by atoms with Crippen molar-refractivity contribution in [2.45, 2.75) is 19.4 Å². The molecule has 2 aromatic rings. The van der Waals surface area contributed by atoms with Gasteiger partial charge in [0.05, 0.1) is 11.6 Å². The molecule has 0 spiro atoms. The third-order valence-corrected chi connectivity index (χ3v) is 4.31. The molecular weight excluding hydrogens is 302 g/mol. The molecule has 0 fully saturated rings. The van der Waals surface area contributed by atoms with Gasteiger partial charge in [-0.2, -0.15) is 0 Å². The van der Waals surface area contributed by atoms with Gasteiger partial charge in [0.1, 0.15) is 5.69 Å². The van der Waals surface area contributed by atoms with Gasteiger partial charge in [-0.25, -0.2) is 4.98 Å². The second-order valence-corrected chi connectivity index (χ2v) is 5.84. The SMILES string of the molecule is CC[C@@H](NC(=O)c1cnc2c(c1)NC(=O)CO2)c1cccs1. The number of hydrogen-bond acceptors (Lipinski definition) is 5. The second kappa shape index (κ2) is 6.15. The second-order valence-electron chi connectivity index (χ2n) is 4.86. The number of nitrogens with one attached hydrogen (secondary N) is 2. The smallest absolute Gasteiger partial charge is 0.262 e. The van der Waals surface area contributed by atoms with E-state index in [4.69, 9.17) is 4.74 Å². The minimum Gasteiger partial charge on any atom is -0.466 e. The number of carbonyl (C=O) groups excluding carboxylic acids is 2. The first-order chi connectivity index (χ1) is 10.7. The predicted octanol–water partition coefficient (Wildman–Crippen LogP) is 2.36. The molecule has 1 aliphatic rings. The Kier molecular flexibility index (Phi) is 4.06. The van der Waals surface area contributed by atoms with Gasteiger partial charge in [0.25, 0.3) is 11.8 Å². The van der Waals surface area contributed by atoms with E-state index in [1.807, 2.05) is 24.4 Å². The van der Waals surface area contributed by atoms with Gasteiger partial charge >= 0.3 is 0 Å². The summed E-state index contributed by atoms with van der Waals surface area (Å²) < 4.78 is 5.18. The van der Waals surface area contributed by atoms with Crippen molar-refractivity contribution in [1.29, 1.82) is 0 Å². The summed E-state index contributed by atoms with van der Waals surface area (Å²) in [6.45, 7) is 1.96. The molecule has 0 unspecified atom stereocenters. The number of anilines is 1. The van der Waals surface area contributed by atoms with Crippen LogP contribution < -0.4 is 15.4 Å². The monoisotopic (exact) mass is 317 g/mol. The Morgan fingerprint density at radius 2 is 2.45 bits per heavy atom. The number of pyridine rings is 1. The highest BCUT2D eigenvalue weighted by molar-refractivity contribution is 7.10. The number of hydrogen-bond donors (Lipinski definition) is 2. The number of carbonyl (C=O) groups is 2. The van der Waals surface area contributed by atoms with Gasteiger partial charge in [0.2, 0.25) is 5.88 Å². The van der Waals surface area contributed by atoms with Crippen molar-refractivity contribution >= 4 is 28.8 Å². The summed E-state index contributed by atoms with van der Waals surface area (Å²) in [5.74, 6) is -0.145. The number of nitrogens with zero attached hydrogens (tertiary/aromatic N) is 1. The van der Waals surface area contributed by atoms with Crippen molar-refractivity contribution in [3.8, 4) is 5.88 Å². The highest BCUT2D eigenvalue weighted by atomic mass is 32.1. The fourth-order valence-electron chi connectivity index (χ4n) is 2.21. The number of rotatable bonds is 4. The Labute approximate surface area is 131 Å². The minimum atomic E-state index is -0.253. The van der Waals surface area contributed by atoms with Crippen molar-refractivity contribution in [3.05, 3.63) is 40.2 Å². The third-order valence-electron chi connectivity index (χ3n) is 3.33. The summed E-state index contributed by atoms with van der Waals surface area (Å²) in [5, 5.41) is 7.61. The number of aromatic nitrogens is 1. The van der Waals surface area contributed by atoms with E-state index in [1.165, 1.54) is 6.20 Å². The van der Waals surface area contributed by atoms with Crippen LogP contribution in [0.3, 0.4) is 0 Å². The molecule has 3 heterocycles. The minimum absolute atomic E-state index is 0.0330. The number of thiophene rings is 1. The van der Waals surface area contributed by atoms with Crippen LogP contribution in [0.5, 0.6) is 5.88 Å². The molecule has 0 aliphatic carbocycles. The van der Waals surface area contributed by atoms with Crippen LogP contribution >= 0.6 is 11.3 Å². The Morgan fingerprint density at radius 3 is 3.18 bits per heavy atom. The van der Waals surface area contributed by atoms with Crippen LogP contribution in [0.4, 0.5) is 5.69 Å². The summed E-state index contributed by atoms with van der Waals surface area (Å²) >= 11 is 1.61. The molecule has 22 heavy (non-hydrogen) atoms. The largest absolute Gasteiger partial charge is 0.466 e. The maximum Gasteiger partial charge on any atom is 0.262 e. The molecule has 0 radical (unpaired) electrons. The van der Waals surface area contributed by atoms with Crippen LogP contribution in [0, 0.1) is 0 Å². The molecule has 7 heteroatoms. The molecule has 0 saturated heterocycles. The van der Waals surface area contributed by atoms with E-state index < -0.39 is 0 Å². The molecule has 6 nitrogen and oxygen atoms in total. The normalized spacial score (nSPS) is 14.5. The third kappa shape index (κ3) is 2.94. The fraction of sp³-hybridized carbons (Fsp3) is 0.267. The lowest BCUT2D eigenvalue weighted by atomic mass is 10.1. The molecule has 0 aromatic carbocycles. The van der Waals surface area contributed by atoms with Crippen LogP contribution in [0.2, 0.25) is 0 Å². The van der Waals surface area contributed by atoms with E-state index in [2.05, 4.69) is 15.6 Å². The standard InChI is InChI=1S/C15H15N3O3S/c1-2-10(12-4-3-5-22-12)18-14(20)9-6-11-15(16-7-9)21-8-13(19)17-11/h3-7,10H,2,8H2,1H3,(H,17,19)(H,18,20)/t10-/m1/s1. The molecule has 1 aliphatic heterocycles. The number of amides is 2. The van der Waals surface area contributed by atoms with Gasteiger partial charge in [-0.1, -0.05) is 13.0 Å². The lowest BCUT2D eigenvalue weighted by Gasteiger charge is -2.18. The highest BCUT2D eigenvalue weighted by Gasteiger charge is 2.20. The van der Waals surface area contributed by atoms with Gasteiger partial charge in [0, 0.05) is 11.1 Å². The average molecular weight is 317 g/mol. The first kappa shape index (κ1) is 14.5. The van der Waals surface area contributed by atoms with E-state index in [1.54, 1.807) is 17.4 Å². The van der Waals surface area contributed by atoms with Crippen LogP contribution in [0.25, 0.3) is 0 Å². The van der Waals surface area contributed by atoms with Crippen molar-refractivity contribution in [2.75, 3.05) is 11.9 Å². The summed E-state index contributed by atoms with van der Waals surface area (Å²) in [6, 6.07) is 5.51. The average Bonchev–Trinajstić information content (AvgIpc) is 3.05. The summed E-state index contributed by atoms with van der Waals surface area (Å²) in [7, 11) is 0. The van der Waals surface area contributed by atoms with E-state index in [0.29, 0.717) is 17.1 Å². The van der Waals surface area contributed by atoms with Gasteiger partial charge < -0.3 is 15.4 Å². The molecule has 1 atom stereocenters. The van der Waals surface area contributed by atoms with Crippen LogP contribution in [-0.4, -0.2) is 23.4 Å². The van der Waals surface area contributed by atoms with Crippen molar-refractivity contribution in [2.24, 2.45) is 0 Å². The van der Waals surface area contributed by atoms with Gasteiger partial charge in [0.15, 0.2) is 6.61 Å². The molecule has 114 valence electrons. The Hall–Kier alpha value is -2.41. The summed E-state index contributed by atoms with van der Waals surface area (Å²) in [5.41, 5.74) is 0.813. The molecule has 2 aromatic heterocycles. The van der Waals surface area contributed by atoms with Gasteiger partial charge in [-0.15, -0.1) is 11.3 Å². The van der Waals surface area contributed by atoms with E-state index >= 15 is 0 Å². The van der Waals surface area contributed by atoms with Crippen molar-refractivity contribution < 1.29 is 14.3 Å². The van der Waals surface area contributed by atoms with Gasteiger partial charge in [-0.3, -0.25) is 9.59 Å². The Balaban J connectivity index is 1.77. The lowest BCUT2D eigenvalue weighted by Crippen LogP contribution is -2.29. The zero-order valence-electron chi connectivity index (χ0n) is 12.0. The fourth-order valence-corrected chi connectivity index (χ4v) is 3.07. The molecule has 0 saturated carbocycles. The number of ether oxygens (including phenoxy) is 1. The van der Waals surface area contributed by atoms with Crippen LogP contribution in [0.15, 0.2) is 29.8 Å². The zero-order chi connectivity index (χ0) is 15.5. The van der Waals surface area contributed by atoms with Crippen molar-refractivity contribution in [1.82, 2.24) is 10.3 Å². The van der Waals surface area contributed by atoms with E-state index in [-0.39, 0.29) is 24.5 Å².